The van der Waals surface area contributed by atoms with Gasteiger partial charge in [-0.05, 0) is 82.7 Å². The Morgan fingerprint density at radius 2 is 1.33 bits per heavy atom. The maximum atomic E-state index is 12.3. The summed E-state index contributed by atoms with van der Waals surface area (Å²) in [7, 11) is 3.40. The Labute approximate surface area is 182 Å². The predicted octanol–water partition coefficient (Wildman–Crippen LogP) is 4.17. The Kier molecular flexibility index (Phi) is 8.44. The normalized spacial score (nSPS) is 29.4. The van der Waals surface area contributed by atoms with Gasteiger partial charge in [0.2, 0.25) is 0 Å². The van der Waals surface area contributed by atoms with Gasteiger partial charge in [-0.3, -0.25) is 9.69 Å². The topological polar surface area (TPSA) is 75.9 Å². The number of methoxy groups -OCH3 is 1. The van der Waals surface area contributed by atoms with Gasteiger partial charge in [-0.2, -0.15) is 0 Å². The molecular weight excluding hydrogens is 378 g/mol. The average Bonchev–Trinajstić information content (AvgIpc) is 2.67. The minimum atomic E-state index is -0.187. The van der Waals surface area contributed by atoms with Crippen molar-refractivity contribution in [2.75, 3.05) is 33.8 Å². The number of hydrogen-bond donors (Lipinski definition) is 1. The summed E-state index contributed by atoms with van der Waals surface area (Å²) in [6, 6.07) is -0.187. The number of urea groups is 1. The summed E-state index contributed by atoms with van der Waals surface area (Å²) < 4.78 is 4.69. The van der Waals surface area contributed by atoms with E-state index < -0.39 is 0 Å². The van der Waals surface area contributed by atoms with Crippen molar-refractivity contribution in [1.29, 1.82) is 0 Å². The van der Waals surface area contributed by atoms with Crippen molar-refractivity contribution in [3.63, 3.8) is 0 Å². The molecule has 0 aromatic heterocycles. The second-order valence-corrected chi connectivity index (χ2v) is 10.4. The van der Waals surface area contributed by atoms with Crippen molar-refractivity contribution in [3.05, 3.63) is 0 Å². The third-order valence-electron chi connectivity index (χ3n) is 7.89. The molecule has 0 aromatic rings. The van der Waals surface area contributed by atoms with Crippen molar-refractivity contribution in [2.24, 2.45) is 23.5 Å². The number of unbranched alkanes of at least 4 members (excludes halogenated alkanes) is 6. The van der Waals surface area contributed by atoms with Crippen LogP contribution in [0.5, 0.6) is 0 Å². The highest BCUT2D eigenvalue weighted by atomic mass is 16.5. The molecule has 0 spiro atoms. The summed E-state index contributed by atoms with van der Waals surface area (Å²) in [4.78, 5) is 27.7. The van der Waals surface area contributed by atoms with Gasteiger partial charge in [-0.25, -0.2) is 4.79 Å². The van der Waals surface area contributed by atoms with E-state index in [1.807, 2.05) is 11.9 Å². The smallest absolute Gasteiger partial charge is 0.319 e. The minimum absolute atomic E-state index is 0.0941. The maximum Gasteiger partial charge on any atom is 0.319 e. The molecule has 4 rings (SSSR count). The summed E-state index contributed by atoms with van der Waals surface area (Å²) in [5, 5.41) is 0. The van der Waals surface area contributed by atoms with Gasteiger partial charge in [0, 0.05) is 12.1 Å². The van der Waals surface area contributed by atoms with Crippen LogP contribution in [0.15, 0.2) is 0 Å². The molecule has 4 aliphatic rings. The van der Waals surface area contributed by atoms with Crippen LogP contribution in [0.1, 0.15) is 83.5 Å². The van der Waals surface area contributed by atoms with E-state index in [1.165, 1.54) is 77.7 Å². The molecule has 4 bridgehead atoms. The first-order valence-corrected chi connectivity index (χ1v) is 12.2. The van der Waals surface area contributed by atoms with Gasteiger partial charge in [0.05, 0.1) is 13.7 Å². The van der Waals surface area contributed by atoms with E-state index in [4.69, 9.17) is 5.73 Å². The number of primary amides is 1. The first-order chi connectivity index (χ1) is 14.4. The van der Waals surface area contributed by atoms with Crippen molar-refractivity contribution >= 4 is 12.0 Å². The summed E-state index contributed by atoms with van der Waals surface area (Å²) in [6.45, 7) is 2.16. The van der Waals surface area contributed by atoms with Crippen LogP contribution in [0, 0.1) is 17.8 Å². The molecule has 2 N–H and O–H groups in total. The van der Waals surface area contributed by atoms with E-state index in [0.29, 0.717) is 6.54 Å². The Balaban J connectivity index is 1.27. The largest absolute Gasteiger partial charge is 0.468 e. The van der Waals surface area contributed by atoms with E-state index >= 15 is 0 Å². The molecule has 4 fully saturated rings. The monoisotopic (exact) mass is 421 g/mol. The Morgan fingerprint density at radius 1 is 0.867 bits per heavy atom. The van der Waals surface area contributed by atoms with Gasteiger partial charge in [-0.15, -0.1) is 0 Å². The lowest BCUT2D eigenvalue weighted by molar-refractivity contribution is -0.141. The molecule has 30 heavy (non-hydrogen) atoms. The van der Waals surface area contributed by atoms with Gasteiger partial charge in [-0.1, -0.05) is 32.1 Å². The molecule has 0 atom stereocenters. The molecule has 4 saturated carbocycles. The van der Waals surface area contributed by atoms with Crippen LogP contribution >= 0.6 is 0 Å². The maximum absolute atomic E-state index is 12.3. The zero-order chi connectivity index (χ0) is 21.6. The number of nitrogens with two attached hydrogens (primary N) is 1. The molecule has 0 saturated heterocycles. The fourth-order valence-electron chi connectivity index (χ4n) is 6.88. The van der Waals surface area contributed by atoms with Crippen LogP contribution in [0.4, 0.5) is 4.79 Å². The molecule has 6 nitrogen and oxygen atoms in total. The molecule has 4 aliphatic carbocycles. The number of rotatable bonds is 13. The number of nitrogens with zero attached hydrogens (tertiary/aromatic N) is 2. The van der Waals surface area contributed by atoms with Crippen LogP contribution in [0.2, 0.25) is 0 Å². The standard InChI is InChI=1S/C24H43N3O3/c1-26(18-22(28)30-2)10-8-6-4-3-5-7-9-11-27(23(25)29)24-15-19-12-20(16-24)14-21(13-19)17-24/h19-21H,3-18H2,1-2H3,(H2,25,29). The van der Waals surface area contributed by atoms with Crippen molar-refractivity contribution in [2.45, 2.75) is 89.0 Å². The molecular formula is C24H43N3O3. The second-order valence-electron chi connectivity index (χ2n) is 10.4. The Hall–Kier alpha value is -1.30. The first-order valence-electron chi connectivity index (χ1n) is 12.2. The highest BCUT2D eigenvalue weighted by molar-refractivity contribution is 5.73. The number of amides is 2. The minimum Gasteiger partial charge on any atom is -0.468 e. The average molecular weight is 422 g/mol. The number of ether oxygens (including phenoxy) is 1. The van der Waals surface area contributed by atoms with Gasteiger partial charge < -0.3 is 15.4 Å². The fourth-order valence-corrected chi connectivity index (χ4v) is 6.88. The van der Waals surface area contributed by atoms with E-state index in [9.17, 15) is 9.59 Å². The number of carbonyl (C=O) groups excluding carboxylic acids is 2. The lowest BCUT2D eigenvalue weighted by Crippen LogP contribution is -2.62. The molecule has 6 heteroatoms. The van der Waals surface area contributed by atoms with E-state index in [-0.39, 0.29) is 17.5 Å². The number of carbonyl (C=O) groups is 2. The number of likely N-dealkylation sites (N-methyl/N-ethyl adjacent to an activating group) is 1. The molecule has 2 amide bonds. The summed E-state index contributed by atoms with van der Waals surface area (Å²) >= 11 is 0. The second kappa shape index (κ2) is 10.8. The highest BCUT2D eigenvalue weighted by Crippen LogP contribution is 2.57. The lowest BCUT2D eigenvalue weighted by Gasteiger charge is -2.60. The third-order valence-corrected chi connectivity index (χ3v) is 7.89. The summed E-state index contributed by atoms with van der Waals surface area (Å²) in [5.74, 6) is 2.34. The SMILES string of the molecule is COC(=O)CN(C)CCCCCCCCCN(C(N)=O)C12CC3CC(CC(C3)C1)C2. The number of esters is 1. The van der Waals surface area contributed by atoms with Crippen LogP contribution < -0.4 is 5.73 Å². The number of hydrogen-bond acceptors (Lipinski definition) is 4. The molecule has 0 heterocycles. The third kappa shape index (κ3) is 6.12. The lowest BCUT2D eigenvalue weighted by atomic mass is 9.52. The molecule has 0 radical (unpaired) electrons. The van der Waals surface area contributed by atoms with Gasteiger partial charge in [0.25, 0.3) is 0 Å². The van der Waals surface area contributed by atoms with Crippen LogP contribution in [0.3, 0.4) is 0 Å². The van der Waals surface area contributed by atoms with Crippen LogP contribution in [0.25, 0.3) is 0 Å². The van der Waals surface area contributed by atoms with Crippen molar-refractivity contribution in [1.82, 2.24) is 9.80 Å². The predicted molar refractivity (Wildman–Crippen MR) is 119 cm³/mol. The van der Waals surface area contributed by atoms with E-state index in [2.05, 4.69) is 9.64 Å². The molecule has 0 unspecified atom stereocenters. The highest BCUT2D eigenvalue weighted by Gasteiger charge is 2.54. The van der Waals surface area contributed by atoms with Gasteiger partial charge in [0.1, 0.15) is 0 Å². The Morgan fingerprint density at radius 3 is 1.80 bits per heavy atom. The van der Waals surface area contributed by atoms with E-state index in [0.717, 1.165) is 43.7 Å². The van der Waals surface area contributed by atoms with Gasteiger partial charge in [0.15, 0.2) is 0 Å². The Bertz CT molecular complexity index is 545. The summed E-state index contributed by atoms with van der Waals surface area (Å²) in [6.07, 6.45) is 16.1. The van der Waals surface area contributed by atoms with Crippen molar-refractivity contribution in [3.8, 4) is 0 Å². The van der Waals surface area contributed by atoms with Crippen LogP contribution in [-0.2, 0) is 9.53 Å². The molecule has 0 aromatic carbocycles. The quantitative estimate of drug-likeness (QED) is 0.358. The van der Waals surface area contributed by atoms with Crippen LogP contribution in [-0.4, -0.2) is 61.1 Å². The zero-order valence-electron chi connectivity index (χ0n) is 19.2. The molecule has 172 valence electrons. The zero-order valence-corrected chi connectivity index (χ0v) is 19.2. The van der Waals surface area contributed by atoms with Gasteiger partial charge >= 0.3 is 12.0 Å². The first kappa shape index (κ1) is 23.4. The van der Waals surface area contributed by atoms with E-state index in [1.54, 1.807) is 0 Å². The fraction of sp³-hybridized carbons (Fsp3) is 0.917. The summed E-state index contributed by atoms with van der Waals surface area (Å²) in [5.41, 5.74) is 5.97. The molecule has 0 aliphatic heterocycles. The van der Waals surface area contributed by atoms with Crippen molar-refractivity contribution < 1.29 is 14.3 Å².